The average molecular weight is 542 g/mol. The Labute approximate surface area is 224 Å². The van der Waals surface area contributed by atoms with E-state index in [0.29, 0.717) is 0 Å². The van der Waals surface area contributed by atoms with Crippen LogP contribution in [0.1, 0.15) is 53.1 Å². The number of benzene rings is 3. The third kappa shape index (κ3) is 8.78. The fraction of sp³-hybridized carbons (Fsp3) is 0.300. The number of likely N-dealkylation sites (tertiary alicyclic amines) is 1. The van der Waals surface area contributed by atoms with Gasteiger partial charge in [0.15, 0.2) is 5.78 Å². The molecule has 0 spiro atoms. The third-order valence-electron chi connectivity index (χ3n) is 6.79. The van der Waals surface area contributed by atoms with E-state index in [9.17, 15) is 18.0 Å². The van der Waals surface area contributed by atoms with Gasteiger partial charge in [0.25, 0.3) is 0 Å². The Bertz CT molecular complexity index is 1200. The lowest BCUT2D eigenvalue weighted by Crippen LogP contribution is -2.37. The van der Waals surface area contributed by atoms with E-state index in [1.807, 2.05) is 0 Å². The highest BCUT2D eigenvalue weighted by Crippen LogP contribution is 2.30. The average Bonchev–Trinajstić information content (AvgIpc) is 2.93. The maximum absolute atomic E-state index is 14.0. The largest absolute Gasteiger partial charge is 0.473 e. The first-order valence-electron chi connectivity index (χ1n) is 12.6. The van der Waals surface area contributed by atoms with Crippen molar-refractivity contribution >= 4 is 17.7 Å². The highest BCUT2D eigenvalue weighted by atomic mass is 19.1. The molecule has 9 heteroatoms. The van der Waals surface area contributed by atoms with Crippen LogP contribution in [0.4, 0.5) is 13.2 Å². The van der Waals surface area contributed by atoms with Crippen molar-refractivity contribution in [3.63, 3.8) is 0 Å². The minimum atomic E-state index is -1.82. The molecule has 0 bridgehead atoms. The van der Waals surface area contributed by atoms with Crippen molar-refractivity contribution in [2.24, 2.45) is 5.92 Å². The summed E-state index contributed by atoms with van der Waals surface area (Å²) < 4.78 is 40.8. The summed E-state index contributed by atoms with van der Waals surface area (Å²) in [6.07, 6.45) is 3.23. The number of hydrogen-bond acceptors (Lipinski definition) is 4. The summed E-state index contributed by atoms with van der Waals surface area (Å²) in [5.74, 6) is -4.81. The van der Waals surface area contributed by atoms with Gasteiger partial charge in [0.1, 0.15) is 17.5 Å². The summed E-state index contributed by atoms with van der Waals surface area (Å²) in [5.41, 5.74) is 2.21. The molecule has 0 radical (unpaired) electrons. The number of carboxylic acid groups (broad SMARTS) is 2. The highest BCUT2D eigenvalue weighted by molar-refractivity contribution is 6.27. The Morgan fingerprint density at radius 3 is 1.72 bits per heavy atom. The molecule has 1 aliphatic heterocycles. The van der Waals surface area contributed by atoms with Crippen LogP contribution in [0.25, 0.3) is 0 Å². The second kappa shape index (κ2) is 14.2. The molecule has 1 heterocycles. The molecule has 0 saturated carbocycles. The number of hydrogen-bond donors (Lipinski definition) is 2. The first-order chi connectivity index (χ1) is 18.7. The van der Waals surface area contributed by atoms with Crippen LogP contribution < -0.4 is 0 Å². The molecular weight excluding hydrogens is 511 g/mol. The first kappa shape index (κ1) is 29.6. The molecule has 206 valence electrons. The van der Waals surface area contributed by atoms with Gasteiger partial charge in [-0.25, -0.2) is 22.8 Å². The second-order valence-corrected chi connectivity index (χ2v) is 9.37. The van der Waals surface area contributed by atoms with Gasteiger partial charge in [0.2, 0.25) is 0 Å². The molecule has 2 N–H and O–H groups in total. The number of rotatable bonds is 8. The van der Waals surface area contributed by atoms with E-state index in [0.717, 1.165) is 56.4 Å². The summed E-state index contributed by atoms with van der Waals surface area (Å²) >= 11 is 0. The van der Waals surface area contributed by atoms with Gasteiger partial charge in [0.05, 0.1) is 5.56 Å². The predicted octanol–water partition coefficient (Wildman–Crippen LogP) is 5.77. The predicted molar refractivity (Wildman–Crippen MR) is 139 cm³/mol. The van der Waals surface area contributed by atoms with E-state index < -0.39 is 17.8 Å². The van der Waals surface area contributed by atoms with E-state index in [1.54, 1.807) is 42.5 Å². The zero-order chi connectivity index (χ0) is 28.4. The van der Waals surface area contributed by atoms with Gasteiger partial charge < -0.3 is 15.1 Å². The summed E-state index contributed by atoms with van der Waals surface area (Å²) in [6.45, 7) is 2.50. The molecule has 4 rings (SSSR count). The Kier molecular flexibility index (Phi) is 10.8. The first-order valence-corrected chi connectivity index (χ1v) is 12.6. The van der Waals surface area contributed by atoms with E-state index in [-0.39, 0.29) is 34.8 Å². The van der Waals surface area contributed by atoms with Crippen molar-refractivity contribution in [2.45, 2.75) is 31.6 Å². The number of piperidine rings is 1. The highest BCUT2D eigenvalue weighted by Gasteiger charge is 2.27. The van der Waals surface area contributed by atoms with E-state index in [2.05, 4.69) is 4.90 Å². The van der Waals surface area contributed by atoms with Crippen molar-refractivity contribution in [1.82, 2.24) is 4.90 Å². The van der Waals surface area contributed by atoms with Crippen molar-refractivity contribution in [2.75, 3.05) is 19.6 Å². The molecule has 0 amide bonds. The fourth-order valence-electron chi connectivity index (χ4n) is 4.73. The van der Waals surface area contributed by atoms with Gasteiger partial charge >= 0.3 is 11.9 Å². The number of nitrogens with zero attached hydrogens (tertiary/aromatic N) is 1. The Morgan fingerprint density at radius 2 is 1.26 bits per heavy atom. The fourth-order valence-corrected chi connectivity index (χ4v) is 4.73. The number of carbonyl (C=O) groups is 3. The number of aliphatic carboxylic acids is 2. The van der Waals surface area contributed by atoms with Gasteiger partial charge in [-0.3, -0.25) is 4.79 Å². The molecule has 1 fully saturated rings. The summed E-state index contributed by atoms with van der Waals surface area (Å²) in [7, 11) is 0. The van der Waals surface area contributed by atoms with Gasteiger partial charge in [-0.05, 0) is 92.8 Å². The topological polar surface area (TPSA) is 94.9 Å². The Hall–Kier alpha value is -3.98. The molecule has 3 aromatic carbocycles. The zero-order valence-electron chi connectivity index (χ0n) is 21.2. The third-order valence-corrected chi connectivity index (χ3v) is 6.79. The number of Topliss-reactive ketones (excluding diaryl/α,β-unsaturated/α-hetero) is 1. The minimum absolute atomic E-state index is 0.0615. The Balaban J connectivity index is 0.000000631. The molecule has 0 unspecified atom stereocenters. The Morgan fingerprint density at radius 1 is 0.769 bits per heavy atom. The molecular formula is C30H30F3NO5. The van der Waals surface area contributed by atoms with Crippen LogP contribution in [0.3, 0.4) is 0 Å². The van der Waals surface area contributed by atoms with E-state index in [4.69, 9.17) is 19.8 Å². The van der Waals surface area contributed by atoms with Crippen LogP contribution in [0, 0.1) is 23.4 Å². The van der Waals surface area contributed by atoms with Gasteiger partial charge in [-0.1, -0.05) is 36.4 Å². The molecule has 3 aromatic rings. The van der Waals surface area contributed by atoms with Gasteiger partial charge in [-0.15, -0.1) is 0 Å². The van der Waals surface area contributed by atoms with Crippen molar-refractivity contribution in [1.29, 1.82) is 0 Å². The zero-order valence-corrected chi connectivity index (χ0v) is 21.2. The molecule has 6 nitrogen and oxygen atoms in total. The standard InChI is InChI=1S/C28H28F3NO.C2H2O4/c29-23-11-7-20(8-12-23)25(21-9-13-24(30)14-10-21)5-3-17-32-18-15-22(16-19-32)28(33)26-4-1-2-6-27(26)31;3-1(4)2(5)6/h1-2,4,6-14,22,25H,3,5,15-19H2;(H,3,4)(H,5,6). The lowest BCUT2D eigenvalue weighted by molar-refractivity contribution is -0.159. The van der Waals surface area contributed by atoms with Crippen LogP contribution in [0.2, 0.25) is 0 Å². The maximum atomic E-state index is 14.0. The molecule has 0 atom stereocenters. The van der Waals surface area contributed by atoms with Crippen LogP contribution in [0.5, 0.6) is 0 Å². The van der Waals surface area contributed by atoms with Gasteiger partial charge in [0, 0.05) is 11.8 Å². The maximum Gasteiger partial charge on any atom is 0.414 e. The lowest BCUT2D eigenvalue weighted by Gasteiger charge is -2.31. The van der Waals surface area contributed by atoms with Crippen molar-refractivity contribution < 1.29 is 37.8 Å². The number of carboxylic acids is 2. The molecule has 0 aliphatic carbocycles. The van der Waals surface area contributed by atoms with Crippen molar-refractivity contribution in [3.8, 4) is 0 Å². The van der Waals surface area contributed by atoms with E-state index >= 15 is 0 Å². The van der Waals surface area contributed by atoms with E-state index in [1.165, 1.54) is 30.3 Å². The summed E-state index contributed by atoms with van der Waals surface area (Å²) in [4.78, 5) is 33.2. The lowest BCUT2D eigenvalue weighted by atomic mass is 9.86. The van der Waals surface area contributed by atoms with Crippen LogP contribution in [0.15, 0.2) is 72.8 Å². The normalized spacial score (nSPS) is 13.9. The summed E-state index contributed by atoms with van der Waals surface area (Å²) in [5, 5.41) is 14.8. The van der Waals surface area contributed by atoms with Crippen LogP contribution in [-0.4, -0.2) is 52.5 Å². The summed E-state index contributed by atoms with van der Waals surface area (Å²) in [6, 6.07) is 19.2. The molecule has 0 aromatic heterocycles. The van der Waals surface area contributed by atoms with Crippen LogP contribution in [-0.2, 0) is 9.59 Å². The number of carbonyl (C=O) groups excluding carboxylic acids is 1. The second-order valence-electron chi connectivity index (χ2n) is 9.37. The smallest absolute Gasteiger partial charge is 0.414 e. The number of halogens is 3. The van der Waals surface area contributed by atoms with Crippen molar-refractivity contribution in [3.05, 3.63) is 107 Å². The monoisotopic (exact) mass is 541 g/mol. The molecule has 39 heavy (non-hydrogen) atoms. The minimum Gasteiger partial charge on any atom is -0.473 e. The molecule has 1 aliphatic rings. The van der Waals surface area contributed by atoms with Crippen LogP contribution >= 0.6 is 0 Å². The SMILES string of the molecule is O=C(O)C(=O)O.O=C(c1ccccc1F)C1CCN(CCCC(c2ccc(F)cc2)c2ccc(F)cc2)CC1. The van der Waals surface area contributed by atoms with Gasteiger partial charge in [-0.2, -0.15) is 0 Å². The quantitative estimate of drug-likeness (QED) is 0.278. The number of ketones is 1. The molecule has 1 saturated heterocycles.